The van der Waals surface area contributed by atoms with Crippen molar-refractivity contribution < 1.29 is 0 Å². The van der Waals surface area contributed by atoms with Crippen molar-refractivity contribution in [3.63, 3.8) is 0 Å². The van der Waals surface area contributed by atoms with Gasteiger partial charge in [0.25, 0.3) is 0 Å². The number of imidazole rings is 1. The van der Waals surface area contributed by atoms with Gasteiger partial charge in [-0.2, -0.15) is 0 Å². The van der Waals surface area contributed by atoms with Gasteiger partial charge in [0.05, 0.1) is 6.20 Å². The molecule has 2 aromatic rings. The highest BCUT2D eigenvalue weighted by Crippen LogP contribution is 2.27. The minimum absolute atomic E-state index is 0.805. The van der Waals surface area contributed by atoms with Crippen molar-refractivity contribution >= 4 is 17.3 Å². The fourth-order valence-corrected chi connectivity index (χ4v) is 3.10. The molecule has 1 N–H and O–H groups in total. The molecule has 0 unspecified atom stereocenters. The molecule has 1 saturated carbocycles. The van der Waals surface area contributed by atoms with E-state index in [1.54, 1.807) is 0 Å². The van der Waals surface area contributed by atoms with Crippen LogP contribution in [0.25, 0.3) is 5.65 Å². The van der Waals surface area contributed by atoms with Crippen molar-refractivity contribution in [2.24, 2.45) is 5.92 Å². The summed E-state index contributed by atoms with van der Waals surface area (Å²) in [6.45, 7) is 4.03. The Labute approximate surface area is 120 Å². The molecule has 1 aliphatic rings. The summed E-state index contributed by atoms with van der Waals surface area (Å²) in [6, 6.07) is 0. The van der Waals surface area contributed by atoms with E-state index >= 15 is 0 Å². The average Bonchev–Trinajstić information content (AvgIpc) is 3.08. The van der Waals surface area contributed by atoms with Gasteiger partial charge in [-0.15, -0.1) is 0 Å². The van der Waals surface area contributed by atoms with Crippen molar-refractivity contribution in [3.05, 3.63) is 18.6 Å². The van der Waals surface area contributed by atoms with Crippen LogP contribution in [-0.4, -0.2) is 34.5 Å². The van der Waals surface area contributed by atoms with Crippen LogP contribution in [0.3, 0.4) is 0 Å². The average molecular weight is 273 g/mol. The zero-order valence-electron chi connectivity index (χ0n) is 12.3. The summed E-state index contributed by atoms with van der Waals surface area (Å²) in [4.78, 5) is 11.4. The lowest BCUT2D eigenvalue weighted by atomic mass is 10.1. The van der Waals surface area contributed by atoms with Crippen molar-refractivity contribution in [3.8, 4) is 0 Å². The minimum atomic E-state index is 0.805. The van der Waals surface area contributed by atoms with Gasteiger partial charge in [0.2, 0.25) is 0 Å². The number of rotatable bonds is 5. The summed E-state index contributed by atoms with van der Waals surface area (Å²) in [6.07, 6.45) is 11.3. The third-order valence-corrected chi connectivity index (χ3v) is 4.08. The molecular weight excluding hydrogens is 250 g/mol. The standard InChI is InChI=1S/C15H23N5/c1-3-16-13-11-20-9-8-17-14(20)15(18-13)19(2)10-12-6-4-5-7-12/h8-9,11-12,16H,3-7,10H2,1-2H3. The molecule has 0 spiro atoms. The van der Waals surface area contributed by atoms with E-state index < -0.39 is 0 Å². The Hall–Kier alpha value is -1.78. The summed E-state index contributed by atoms with van der Waals surface area (Å²) in [5.74, 6) is 2.69. The van der Waals surface area contributed by atoms with Crippen LogP contribution in [0, 0.1) is 5.92 Å². The van der Waals surface area contributed by atoms with E-state index in [-0.39, 0.29) is 0 Å². The first-order valence-corrected chi connectivity index (χ1v) is 7.56. The van der Waals surface area contributed by atoms with Crippen LogP contribution < -0.4 is 10.2 Å². The molecule has 0 aliphatic heterocycles. The molecule has 0 radical (unpaired) electrons. The van der Waals surface area contributed by atoms with E-state index in [9.17, 15) is 0 Å². The maximum absolute atomic E-state index is 4.74. The third-order valence-electron chi connectivity index (χ3n) is 4.08. The largest absolute Gasteiger partial charge is 0.369 e. The molecule has 2 aromatic heterocycles. The first kappa shape index (κ1) is 13.2. The SMILES string of the molecule is CCNc1cn2ccnc2c(N(C)CC2CCCC2)n1. The quantitative estimate of drug-likeness (QED) is 0.910. The summed E-state index contributed by atoms with van der Waals surface area (Å²) >= 11 is 0. The van der Waals surface area contributed by atoms with Crippen molar-refractivity contribution in [2.75, 3.05) is 30.4 Å². The molecule has 1 fully saturated rings. The molecule has 3 rings (SSSR count). The normalized spacial score (nSPS) is 15.9. The van der Waals surface area contributed by atoms with Crippen LogP contribution in [0.15, 0.2) is 18.6 Å². The molecule has 2 heterocycles. The highest BCUT2D eigenvalue weighted by atomic mass is 15.2. The lowest BCUT2D eigenvalue weighted by Crippen LogP contribution is -2.26. The second-order valence-corrected chi connectivity index (χ2v) is 5.67. The van der Waals surface area contributed by atoms with E-state index in [4.69, 9.17) is 4.98 Å². The number of nitrogens with zero attached hydrogens (tertiary/aromatic N) is 4. The molecule has 5 heteroatoms. The molecule has 0 atom stereocenters. The van der Waals surface area contributed by atoms with Gasteiger partial charge in [-0.1, -0.05) is 12.8 Å². The summed E-state index contributed by atoms with van der Waals surface area (Å²) in [5, 5.41) is 3.29. The van der Waals surface area contributed by atoms with Crippen LogP contribution in [0.4, 0.5) is 11.6 Å². The fraction of sp³-hybridized carbons (Fsp3) is 0.600. The van der Waals surface area contributed by atoms with E-state index in [2.05, 4.69) is 29.2 Å². The van der Waals surface area contributed by atoms with E-state index in [0.29, 0.717) is 0 Å². The topological polar surface area (TPSA) is 45.5 Å². The van der Waals surface area contributed by atoms with Gasteiger partial charge in [0, 0.05) is 32.5 Å². The zero-order chi connectivity index (χ0) is 13.9. The number of hydrogen-bond acceptors (Lipinski definition) is 4. The molecule has 0 bridgehead atoms. The van der Waals surface area contributed by atoms with Gasteiger partial charge >= 0.3 is 0 Å². The molecule has 1 aliphatic carbocycles. The van der Waals surface area contributed by atoms with Gasteiger partial charge in [-0.25, -0.2) is 9.97 Å². The Morgan fingerprint density at radius 3 is 2.95 bits per heavy atom. The number of anilines is 2. The number of fused-ring (bicyclic) bond motifs is 1. The molecule has 0 aromatic carbocycles. The van der Waals surface area contributed by atoms with Gasteiger partial charge in [-0.3, -0.25) is 0 Å². The molecular formula is C15H23N5. The predicted molar refractivity (Wildman–Crippen MR) is 82.4 cm³/mol. The van der Waals surface area contributed by atoms with Crippen LogP contribution in [0.5, 0.6) is 0 Å². The van der Waals surface area contributed by atoms with Crippen LogP contribution in [0.1, 0.15) is 32.6 Å². The van der Waals surface area contributed by atoms with Gasteiger partial charge < -0.3 is 14.6 Å². The molecule has 5 nitrogen and oxygen atoms in total. The van der Waals surface area contributed by atoms with Gasteiger partial charge in [0.15, 0.2) is 11.5 Å². The van der Waals surface area contributed by atoms with E-state index in [1.807, 2.05) is 23.0 Å². The van der Waals surface area contributed by atoms with E-state index in [0.717, 1.165) is 36.3 Å². The first-order valence-electron chi connectivity index (χ1n) is 7.56. The number of aromatic nitrogens is 3. The van der Waals surface area contributed by atoms with Crippen molar-refractivity contribution in [1.29, 1.82) is 0 Å². The smallest absolute Gasteiger partial charge is 0.180 e. The van der Waals surface area contributed by atoms with Crippen LogP contribution in [0.2, 0.25) is 0 Å². The lowest BCUT2D eigenvalue weighted by molar-refractivity contribution is 0.545. The van der Waals surface area contributed by atoms with E-state index in [1.165, 1.54) is 25.7 Å². The molecule has 108 valence electrons. The molecule has 0 saturated heterocycles. The second-order valence-electron chi connectivity index (χ2n) is 5.67. The van der Waals surface area contributed by atoms with Crippen molar-refractivity contribution in [2.45, 2.75) is 32.6 Å². The number of nitrogens with one attached hydrogen (secondary N) is 1. The number of hydrogen-bond donors (Lipinski definition) is 1. The Balaban J connectivity index is 1.89. The Morgan fingerprint density at radius 1 is 1.40 bits per heavy atom. The summed E-state index contributed by atoms with van der Waals surface area (Å²) < 4.78 is 2.05. The van der Waals surface area contributed by atoms with Gasteiger partial charge in [0.1, 0.15) is 5.82 Å². The van der Waals surface area contributed by atoms with Crippen molar-refractivity contribution in [1.82, 2.24) is 14.4 Å². The van der Waals surface area contributed by atoms with Crippen LogP contribution >= 0.6 is 0 Å². The fourth-order valence-electron chi connectivity index (χ4n) is 3.10. The Morgan fingerprint density at radius 2 is 2.20 bits per heavy atom. The zero-order valence-corrected chi connectivity index (χ0v) is 12.3. The summed E-state index contributed by atoms with van der Waals surface area (Å²) in [7, 11) is 2.13. The molecule has 0 amide bonds. The Bertz CT molecular complexity index is 571. The first-order chi connectivity index (χ1) is 9.78. The monoisotopic (exact) mass is 273 g/mol. The lowest BCUT2D eigenvalue weighted by Gasteiger charge is -2.23. The third kappa shape index (κ3) is 2.57. The maximum Gasteiger partial charge on any atom is 0.180 e. The second kappa shape index (κ2) is 5.69. The highest BCUT2D eigenvalue weighted by Gasteiger charge is 2.19. The van der Waals surface area contributed by atoms with Gasteiger partial charge in [-0.05, 0) is 25.7 Å². The Kier molecular flexibility index (Phi) is 3.76. The minimum Gasteiger partial charge on any atom is -0.369 e. The maximum atomic E-state index is 4.74. The highest BCUT2D eigenvalue weighted by molar-refractivity contribution is 5.66. The molecule has 20 heavy (non-hydrogen) atoms. The predicted octanol–water partition coefficient (Wildman–Crippen LogP) is 2.79. The summed E-state index contributed by atoms with van der Waals surface area (Å²) in [5.41, 5.74) is 0.937. The van der Waals surface area contributed by atoms with Crippen LogP contribution in [-0.2, 0) is 0 Å².